The maximum absolute atomic E-state index is 11.3. The SMILES string of the molecule is O=C(O)C1CCCN(CCC=C2Cc3ccccc3CC3=CC=CCC3C2)C1. The summed E-state index contributed by atoms with van der Waals surface area (Å²) in [5.41, 5.74) is 6.05. The van der Waals surface area contributed by atoms with Crippen LogP contribution in [-0.2, 0) is 17.6 Å². The van der Waals surface area contributed by atoms with E-state index in [0.717, 1.165) is 58.0 Å². The molecule has 0 bridgehead atoms. The largest absolute Gasteiger partial charge is 0.481 e. The Morgan fingerprint density at radius 2 is 2.04 bits per heavy atom. The molecule has 4 rings (SSSR count). The molecule has 1 aromatic carbocycles. The van der Waals surface area contributed by atoms with Crippen LogP contribution in [0.5, 0.6) is 0 Å². The first-order valence-electron chi connectivity index (χ1n) is 10.7. The summed E-state index contributed by atoms with van der Waals surface area (Å²) in [7, 11) is 0. The van der Waals surface area contributed by atoms with Crippen molar-refractivity contribution in [2.45, 2.75) is 44.9 Å². The van der Waals surface area contributed by atoms with Gasteiger partial charge in [0.1, 0.15) is 0 Å². The highest BCUT2D eigenvalue weighted by Crippen LogP contribution is 2.34. The quantitative estimate of drug-likeness (QED) is 0.767. The van der Waals surface area contributed by atoms with Crippen LogP contribution in [0.15, 0.2) is 59.7 Å². The number of carbonyl (C=O) groups is 1. The molecule has 1 aromatic rings. The normalized spacial score (nSPS) is 26.7. The summed E-state index contributed by atoms with van der Waals surface area (Å²) in [5.74, 6) is -0.184. The van der Waals surface area contributed by atoms with Gasteiger partial charge in [-0.25, -0.2) is 0 Å². The number of carboxylic acids is 1. The van der Waals surface area contributed by atoms with E-state index in [2.05, 4.69) is 53.5 Å². The molecule has 2 atom stereocenters. The van der Waals surface area contributed by atoms with E-state index in [1.807, 2.05) is 0 Å². The number of hydrogen-bond acceptors (Lipinski definition) is 2. The van der Waals surface area contributed by atoms with Gasteiger partial charge in [0.15, 0.2) is 0 Å². The number of piperidine rings is 1. The predicted molar refractivity (Wildman–Crippen MR) is 113 cm³/mol. The first kappa shape index (κ1) is 19.2. The molecule has 0 radical (unpaired) electrons. The zero-order chi connectivity index (χ0) is 19.3. The second-order valence-electron chi connectivity index (χ2n) is 8.56. The zero-order valence-electron chi connectivity index (χ0n) is 16.6. The number of aliphatic carboxylic acids is 1. The number of fused-ring (bicyclic) bond motifs is 2. The van der Waals surface area contributed by atoms with Crippen molar-refractivity contribution in [1.82, 2.24) is 4.90 Å². The topological polar surface area (TPSA) is 40.5 Å². The summed E-state index contributed by atoms with van der Waals surface area (Å²) in [6.07, 6.45) is 16.6. The van der Waals surface area contributed by atoms with Crippen molar-refractivity contribution >= 4 is 5.97 Å². The third-order valence-corrected chi connectivity index (χ3v) is 6.56. The summed E-state index contributed by atoms with van der Waals surface area (Å²) in [6, 6.07) is 8.89. The molecule has 28 heavy (non-hydrogen) atoms. The third kappa shape index (κ3) is 4.64. The first-order chi connectivity index (χ1) is 13.7. The fraction of sp³-hybridized carbons (Fsp3) is 0.480. The van der Waals surface area contributed by atoms with E-state index in [4.69, 9.17) is 0 Å². The van der Waals surface area contributed by atoms with Crippen molar-refractivity contribution in [3.05, 3.63) is 70.8 Å². The fourth-order valence-electron chi connectivity index (χ4n) is 4.96. The highest BCUT2D eigenvalue weighted by atomic mass is 16.4. The van der Waals surface area contributed by atoms with Gasteiger partial charge in [0, 0.05) is 13.1 Å². The van der Waals surface area contributed by atoms with Gasteiger partial charge in [0.2, 0.25) is 0 Å². The van der Waals surface area contributed by atoms with Crippen LogP contribution < -0.4 is 0 Å². The van der Waals surface area contributed by atoms with Crippen LogP contribution in [0.3, 0.4) is 0 Å². The Morgan fingerprint density at radius 1 is 1.21 bits per heavy atom. The van der Waals surface area contributed by atoms with Gasteiger partial charge in [-0.3, -0.25) is 4.79 Å². The average molecular weight is 378 g/mol. The van der Waals surface area contributed by atoms with Gasteiger partial charge in [-0.2, -0.15) is 0 Å². The van der Waals surface area contributed by atoms with Crippen LogP contribution in [0.1, 0.15) is 43.2 Å². The molecule has 3 heteroatoms. The Labute approximate surface area is 168 Å². The summed E-state index contributed by atoms with van der Waals surface area (Å²) in [6.45, 7) is 2.72. The number of rotatable bonds is 4. The van der Waals surface area contributed by atoms with Gasteiger partial charge in [0.25, 0.3) is 0 Å². The summed E-state index contributed by atoms with van der Waals surface area (Å²) < 4.78 is 0. The van der Waals surface area contributed by atoms with Crippen LogP contribution in [0.2, 0.25) is 0 Å². The molecule has 2 aliphatic carbocycles. The number of allylic oxidation sites excluding steroid dienone is 5. The Hall–Kier alpha value is -2.13. The Kier molecular flexibility index (Phi) is 6.11. The average Bonchev–Trinajstić information content (AvgIpc) is 2.69. The van der Waals surface area contributed by atoms with Crippen LogP contribution in [0.4, 0.5) is 0 Å². The maximum atomic E-state index is 11.3. The van der Waals surface area contributed by atoms with Gasteiger partial charge < -0.3 is 10.0 Å². The van der Waals surface area contributed by atoms with Crippen molar-refractivity contribution < 1.29 is 9.90 Å². The van der Waals surface area contributed by atoms with Crippen LogP contribution in [0.25, 0.3) is 0 Å². The number of carboxylic acid groups (broad SMARTS) is 1. The standard InChI is InChI=1S/C25H31NO2/c27-25(28)24-12-6-14-26(18-24)13-5-7-19-15-20-8-1-3-10-22(20)17-23-11-4-2-9-21(23)16-19/h1-4,7-8,10-11,21,24H,5-6,9,12-18H2,(H,27,28). The third-order valence-electron chi connectivity index (χ3n) is 6.56. The number of hydrogen-bond donors (Lipinski definition) is 1. The second-order valence-corrected chi connectivity index (χ2v) is 8.56. The number of benzene rings is 1. The van der Waals surface area contributed by atoms with E-state index in [-0.39, 0.29) is 5.92 Å². The minimum atomic E-state index is -0.635. The molecule has 1 aliphatic heterocycles. The van der Waals surface area contributed by atoms with Gasteiger partial charge in [-0.1, -0.05) is 59.7 Å². The molecule has 3 nitrogen and oxygen atoms in total. The monoisotopic (exact) mass is 377 g/mol. The lowest BCUT2D eigenvalue weighted by atomic mass is 9.78. The molecule has 1 fully saturated rings. The molecule has 1 heterocycles. The number of likely N-dealkylation sites (tertiary alicyclic amines) is 1. The van der Waals surface area contributed by atoms with E-state index < -0.39 is 5.97 Å². The van der Waals surface area contributed by atoms with Crippen LogP contribution in [0, 0.1) is 11.8 Å². The van der Waals surface area contributed by atoms with E-state index in [0.29, 0.717) is 12.5 Å². The Balaban J connectivity index is 1.45. The van der Waals surface area contributed by atoms with E-state index >= 15 is 0 Å². The fourth-order valence-corrected chi connectivity index (χ4v) is 4.96. The molecule has 1 saturated heterocycles. The maximum Gasteiger partial charge on any atom is 0.307 e. The van der Waals surface area contributed by atoms with Gasteiger partial charge in [-0.05, 0) is 68.5 Å². The number of nitrogens with zero attached hydrogens (tertiary/aromatic N) is 1. The highest BCUT2D eigenvalue weighted by Gasteiger charge is 2.25. The van der Waals surface area contributed by atoms with Gasteiger partial charge >= 0.3 is 5.97 Å². The molecular formula is C25H31NO2. The summed E-state index contributed by atoms with van der Waals surface area (Å²) in [4.78, 5) is 13.6. The molecule has 148 valence electrons. The molecule has 0 spiro atoms. The minimum Gasteiger partial charge on any atom is -0.481 e. The van der Waals surface area contributed by atoms with Crippen LogP contribution in [-0.4, -0.2) is 35.6 Å². The molecule has 3 aliphatic rings. The van der Waals surface area contributed by atoms with Crippen molar-refractivity contribution in [3.8, 4) is 0 Å². The Bertz CT molecular complexity index is 805. The van der Waals surface area contributed by atoms with E-state index in [1.165, 1.54) is 11.1 Å². The molecule has 1 N–H and O–H groups in total. The van der Waals surface area contributed by atoms with Gasteiger partial charge in [-0.15, -0.1) is 0 Å². The van der Waals surface area contributed by atoms with Crippen molar-refractivity contribution in [2.24, 2.45) is 11.8 Å². The first-order valence-corrected chi connectivity index (χ1v) is 10.7. The molecule has 2 unspecified atom stereocenters. The highest BCUT2D eigenvalue weighted by molar-refractivity contribution is 5.70. The lowest BCUT2D eigenvalue weighted by Gasteiger charge is -2.30. The van der Waals surface area contributed by atoms with Gasteiger partial charge in [0.05, 0.1) is 5.92 Å². The molecule has 0 amide bonds. The summed E-state index contributed by atoms with van der Waals surface area (Å²) >= 11 is 0. The van der Waals surface area contributed by atoms with Crippen LogP contribution >= 0.6 is 0 Å². The predicted octanol–water partition coefficient (Wildman–Crippen LogP) is 4.79. The van der Waals surface area contributed by atoms with E-state index in [1.54, 1.807) is 11.1 Å². The van der Waals surface area contributed by atoms with Crippen molar-refractivity contribution in [2.75, 3.05) is 19.6 Å². The lowest BCUT2D eigenvalue weighted by molar-refractivity contribution is -0.143. The van der Waals surface area contributed by atoms with Crippen molar-refractivity contribution in [3.63, 3.8) is 0 Å². The molecule has 0 aromatic heterocycles. The zero-order valence-corrected chi connectivity index (χ0v) is 16.6. The summed E-state index contributed by atoms with van der Waals surface area (Å²) in [5, 5.41) is 9.30. The molecular weight excluding hydrogens is 346 g/mol. The smallest absolute Gasteiger partial charge is 0.307 e. The lowest BCUT2D eigenvalue weighted by Crippen LogP contribution is -2.39. The van der Waals surface area contributed by atoms with E-state index in [9.17, 15) is 9.90 Å². The Morgan fingerprint density at radius 3 is 2.86 bits per heavy atom. The molecule has 0 saturated carbocycles. The minimum absolute atomic E-state index is 0.184. The van der Waals surface area contributed by atoms with Crippen molar-refractivity contribution in [1.29, 1.82) is 0 Å². The second kappa shape index (κ2) is 8.91.